The van der Waals surface area contributed by atoms with Gasteiger partial charge in [0.05, 0.1) is 18.1 Å². The van der Waals surface area contributed by atoms with Crippen LogP contribution >= 0.6 is 0 Å². The zero-order valence-corrected chi connectivity index (χ0v) is 8.87. The van der Waals surface area contributed by atoms with Gasteiger partial charge in [0, 0.05) is 0 Å². The Bertz CT molecular complexity index is 437. The highest BCUT2D eigenvalue weighted by Crippen LogP contribution is 2.20. The van der Waals surface area contributed by atoms with Gasteiger partial charge in [-0.2, -0.15) is 0 Å². The third kappa shape index (κ3) is 2.39. The van der Waals surface area contributed by atoms with Crippen LogP contribution in [0.1, 0.15) is 0 Å². The first-order valence-electron chi connectivity index (χ1n) is 4.64. The van der Waals surface area contributed by atoms with Gasteiger partial charge in [0.15, 0.2) is 0 Å². The van der Waals surface area contributed by atoms with Gasteiger partial charge in [0.1, 0.15) is 0 Å². The van der Waals surface area contributed by atoms with Crippen molar-refractivity contribution in [2.24, 2.45) is 4.47 Å². The molecule has 0 saturated heterocycles. The van der Waals surface area contributed by atoms with Gasteiger partial charge in [0.25, 0.3) is 0 Å². The molecule has 15 heavy (non-hydrogen) atoms. The van der Waals surface area contributed by atoms with E-state index < -0.39 is 0 Å². The highest BCUT2D eigenvalue weighted by atomic mass is 32.1. The molecule has 0 aliphatic rings. The number of nitrogens with zero attached hydrogens (tertiary/aromatic N) is 1. The standard InChI is InChI=1S/C12H10N2S/c15-14-13-12-8-6-11(7-9-12)10-4-2-1-3-5-10/h1-9H,(H,13,15). The van der Waals surface area contributed by atoms with E-state index in [-0.39, 0.29) is 0 Å². The Hall–Kier alpha value is -1.74. The Kier molecular flexibility index (Phi) is 3.05. The Morgan fingerprint density at radius 1 is 0.800 bits per heavy atom. The number of hydrogen-bond acceptors (Lipinski definition) is 2. The third-order valence-electron chi connectivity index (χ3n) is 2.17. The molecule has 0 heterocycles. The summed E-state index contributed by atoms with van der Waals surface area (Å²) in [5, 5.41) is 0. The third-order valence-corrected chi connectivity index (χ3v) is 2.26. The van der Waals surface area contributed by atoms with Gasteiger partial charge in [-0.15, -0.1) is 4.47 Å². The van der Waals surface area contributed by atoms with E-state index in [1.165, 1.54) is 11.1 Å². The van der Waals surface area contributed by atoms with E-state index in [1.807, 2.05) is 42.5 Å². The Morgan fingerprint density at radius 3 is 2.00 bits per heavy atom. The van der Waals surface area contributed by atoms with Crippen molar-refractivity contribution in [2.75, 3.05) is 5.43 Å². The van der Waals surface area contributed by atoms with Crippen LogP contribution in [-0.4, -0.2) is 0 Å². The van der Waals surface area contributed by atoms with Gasteiger partial charge in [-0.3, -0.25) is 5.43 Å². The molecule has 0 fully saturated rings. The Labute approximate surface area is 94.1 Å². The number of rotatable bonds is 3. The molecule has 2 nitrogen and oxygen atoms in total. The molecule has 0 atom stereocenters. The topological polar surface area (TPSA) is 24.4 Å². The van der Waals surface area contributed by atoms with Gasteiger partial charge in [-0.1, -0.05) is 42.5 Å². The number of hydrogen-bond donors (Lipinski definition) is 1. The van der Waals surface area contributed by atoms with Crippen LogP contribution in [0.3, 0.4) is 0 Å². The monoisotopic (exact) mass is 214 g/mol. The molecule has 0 bridgehead atoms. The molecular formula is C12H10N2S. The molecule has 0 radical (unpaired) electrons. The van der Waals surface area contributed by atoms with Crippen molar-refractivity contribution in [3.63, 3.8) is 0 Å². The first kappa shape index (κ1) is 9.80. The fourth-order valence-corrected chi connectivity index (χ4v) is 1.53. The molecule has 0 aromatic heterocycles. The van der Waals surface area contributed by atoms with E-state index in [1.54, 1.807) is 0 Å². The summed E-state index contributed by atoms with van der Waals surface area (Å²) in [7, 11) is 0. The summed E-state index contributed by atoms with van der Waals surface area (Å²) < 4.78 is 3.44. The molecule has 3 heteroatoms. The predicted molar refractivity (Wildman–Crippen MR) is 65.3 cm³/mol. The molecular weight excluding hydrogens is 204 g/mol. The largest absolute Gasteiger partial charge is 0.267 e. The average molecular weight is 214 g/mol. The Balaban J connectivity index is 2.28. The van der Waals surface area contributed by atoms with E-state index in [0.29, 0.717) is 0 Å². The summed E-state index contributed by atoms with van der Waals surface area (Å²) in [5.74, 6) is 0. The summed E-state index contributed by atoms with van der Waals surface area (Å²) in [6, 6.07) is 18.2. The maximum absolute atomic E-state index is 4.47. The molecule has 2 aromatic carbocycles. The summed E-state index contributed by atoms with van der Waals surface area (Å²) in [4.78, 5) is 0. The van der Waals surface area contributed by atoms with Gasteiger partial charge < -0.3 is 0 Å². The van der Waals surface area contributed by atoms with Crippen LogP contribution in [-0.2, 0) is 12.4 Å². The molecule has 0 unspecified atom stereocenters. The first-order chi connectivity index (χ1) is 7.40. The van der Waals surface area contributed by atoms with Crippen LogP contribution in [0, 0.1) is 0 Å². The van der Waals surface area contributed by atoms with Crippen molar-refractivity contribution in [3.05, 3.63) is 54.6 Å². The molecule has 0 aliphatic heterocycles. The zero-order chi connectivity index (χ0) is 10.5. The summed E-state index contributed by atoms with van der Waals surface area (Å²) in [6.07, 6.45) is 0. The molecule has 0 aliphatic carbocycles. The summed E-state index contributed by atoms with van der Waals surface area (Å²) in [6.45, 7) is 0. The number of nitrogens with one attached hydrogen (secondary N) is 1. The summed E-state index contributed by atoms with van der Waals surface area (Å²) >= 11 is 4.47. The van der Waals surface area contributed by atoms with Gasteiger partial charge in [0.2, 0.25) is 0 Å². The van der Waals surface area contributed by atoms with Crippen LogP contribution in [0.25, 0.3) is 11.1 Å². The average Bonchev–Trinajstić information content (AvgIpc) is 2.32. The quantitative estimate of drug-likeness (QED) is 0.792. The molecule has 0 saturated carbocycles. The van der Waals surface area contributed by atoms with E-state index >= 15 is 0 Å². The lowest BCUT2D eigenvalue weighted by atomic mass is 10.1. The second-order valence-electron chi connectivity index (χ2n) is 3.15. The zero-order valence-electron chi connectivity index (χ0n) is 8.05. The van der Waals surface area contributed by atoms with Crippen molar-refractivity contribution in [1.82, 2.24) is 0 Å². The second kappa shape index (κ2) is 4.66. The van der Waals surface area contributed by atoms with Crippen LogP contribution in [0.2, 0.25) is 0 Å². The van der Waals surface area contributed by atoms with Crippen LogP contribution in [0.5, 0.6) is 0 Å². The minimum atomic E-state index is 0.907. The lowest BCUT2D eigenvalue weighted by molar-refractivity contribution is 1.39. The molecule has 2 rings (SSSR count). The first-order valence-corrected chi connectivity index (χ1v) is 5.00. The van der Waals surface area contributed by atoms with E-state index in [0.717, 1.165) is 5.69 Å². The van der Waals surface area contributed by atoms with Gasteiger partial charge in [-0.05, 0) is 23.3 Å². The van der Waals surface area contributed by atoms with Crippen molar-refractivity contribution < 1.29 is 0 Å². The normalized spacial score (nSPS) is 9.60. The van der Waals surface area contributed by atoms with Crippen LogP contribution in [0.4, 0.5) is 5.69 Å². The molecule has 2 aromatic rings. The smallest absolute Gasteiger partial charge is 0.0630 e. The van der Waals surface area contributed by atoms with E-state index in [2.05, 4.69) is 34.5 Å². The highest BCUT2D eigenvalue weighted by Gasteiger charge is 1.95. The lowest BCUT2D eigenvalue weighted by Crippen LogP contribution is -1.85. The van der Waals surface area contributed by atoms with Crippen LogP contribution < -0.4 is 5.43 Å². The number of benzene rings is 2. The molecule has 74 valence electrons. The van der Waals surface area contributed by atoms with Gasteiger partial charge >= 0.3 is 0 Å². The fourth-order valence-electron chi connectivity index (χ4n) is 1.42. The lowest BCUT2D eigenvalue weighted by Gasteiger charge is -2.02. The molecule has 0 spiro atoms. The fraction of sp³-hybridized carbons (Fsp3) is 0. The predicted octanol–water partition coefficient (Wildman–Crippen LogP) is 3.41. The second-order valence-corrected chi connectivity index (χ2v) is 3.33. The maximum atomic E-state index is 4.47. The Morgan fingerprint density at radius 2 is 1.40 bits per heavy atom. The minimum absolute atomic E-state index is 0.907. The minimum Gasteiger partial charge on any atom is -0.267 e. The van der Waals surface area contributed by atoms with Crippen LogP contribution in [0.15, 0.2) is 59.1 Å². The highest BCUT2D eigenvalue weighted by molar-refractivity contribution is 7.47. The molecule has 1 N–H and O–H groups in total. The van der Waals surface area contributed by atoms with E-state index in [9.17, 15) is 0 Å². The maximum Gasteiger partial charge on any atom is 0.0630 e. The van der Waals surface area contributed by atoms with Gasteiger partial charge in [-0.25, -0.2) is 0 Å². The van der Waals surface area contributed by atoms with E-state index in [4.69, 9.17) is 0 Å². The summed E-state index contributed by atoms with van der Waals surface area (Å²) in [5.41, 5.74) is 6.03. The van der Waals surface area contributed by atoms with Crippen molar-refractivity contribution in [2.45, 2.75) is 0 Å². The molecule has 0 amide bonds. The van der Waals surface area contributed by atoms with Crippen molar-refractivity contribution >= 4 is 18.1 Å². The number of anilines is 1. The van der Waals surface area contributed by atoms with Crippen molar-refractivity contribution in [3.8, 4) is 11.1 Å². The van der Waals surface area contributed by atoms with Crippen molar-refractivity contribution in [1.29, 1.82) is 0 Å². The SMILES string of the molecule is S=NNc1ccc(-c2ccccc2)cc1.